The Hall–Kier alpha value is -2.44. The van der Waals surface area contributed by atoms with E-state index in [4.69, 9.17) is 16.3 Å². The number of halogens is 1. The molecule has 0 bridgehead atoms. The number of benzene rings is 2. The molecule has 1 aromatic heterocycles. The van der Waals surface area contributed by atoms with Crippen molar-refractivity contribution < 1.29 is 4.74 Å². The molecule has 6 nitrogen and oxygen atoms in total. The summed E-state index contributed by atoms with van der Waals surface area (Å²) < 4.78 is 7.62. The van der Waals surface area contributed by atoms with E-state index in [1.807, 2.05) is 28.9 Å². The van der Waals surface area contributed by atoms with Gasteiger partial charge in [0, 0.05) is 23.7 Å². The van der Waals surface area contributed by atoms with Crippen molar-refractivity contribution in [2.45, 2.75) is 45.3 Å². The van der Waals surface area contributed by atoms with Crippen molar-refractivity contribution >= 4 is 11.6 Å². The molecular formula is C22H26ClN5O. The number of ether oxygens (including phenoxy) is 1. The molecule has 152 valence electrons. The van der Waals surface area contributed by atoms with Gasteiger partial charge in [-0.1, -0.05) is 35.9 Å². The van der Waals surface area contributed by atoms with Gasteiger partial charge in [-0.15, -0.1) is 5.10 Å². The average Bonchev–Trinajstić information content (AvgIpc) is 3.18. The van der Waals surface area contributed by atoms with E-state index in [1.54, 1.807) is 7.11 Å². The Balaban J connectivity index is 1.83. The second-order valence-electron chi connectivity index (χ2n) is 8.40. The topological polar surface area (TPSA) is 56.1 Å². The summed E-state index contributed by atoms with van der Waals surface area (Å²) in [7, 11) is 1.70. The second-order valence-corrected chi connectivity index (χ2v) is 8.83. The highest BCUT2D eigenvalue weighted by Crippen LogP contribution is 2.37. The lowest BCUT2D eigenvalue weighted by atomic mass is 9.95. The molecule has 1 aliphatic rings. The first-order valence-corrected chi connectivity index (χ1v) is 10.2. The summed E-state index contributed by atoms with van der Waals surface area (Å²) in [6.45, 7) is 8.00. The molecule has 3 aromatic rings. The monoisotopic (exact) mass is 411 g/mol. The van der Waals surface area contributed by atoms with Crippen molar-refractivity contribution in [1.82, 2.24) is 25.1 Å². The fourth-order valence-corrected chi connectivity index (χ4v) is 4.20. The van der Waals surface area contributed by atoms with E-state index < -0.39 is 0 Å². The van der Waals surface area contributed by atoms with Gasteiger partial charge in [0.1, 0.15) is 11.8 Å². The molecule has 4 rings (SSSR count). The number of tetrazole rings is 1. The molecule has 0 fully saturated rings. The van der Waals surface area contributed by atoms with Crippen molar-refractivity contribution in [2.75, 3.05) is 13.7 Å². The number of hydrogen-bond acceptors (Lipinski definition) is 5. The highest BCUT2D eigenvalue weighted by Gasteiger charge is 2.34. The van der Waals surface area contributed by atoms with Gasteiger partial charge in [0.05, 0.1) is 12.6 Å². The van der Waals surface area contributed by atoms with E-state index in [0.29, 0.717) is 0 Å². The Kier molecular flexibility index (Phi) is 5.32. The van der Waals surface area contributed by atoms with E-state index in [-0.39, 0.29) is 11.6 Å². The number of methoxy groups -OCH3 is 1. The van der Waals surface area contributed by atoms with Gasteiger partial charge in [0.25, 0.3) is 0 Å². The third-order valence-electron chi connectivity index (χ3n) is 5.38. The molecule has 2 aromatic carbocycles. The van der Waals surface area contributed by atoms with Crippen LogP contribution in [-0.2, 0) is 18.5 Å². The Labute approximate surface area is 176 Å². The fraction of sp³-hybridized carbons (Fsp3) is 0.409. The van der Waals surface area contributed by atoms with Gasteiger partial charge in [0.2, 0.25) is 0 Å². The molecule has 0 N–H and O–H groups in total. The number of para-hydroxylation sites is 1. The molecule has 0 spiro atoms. The van der Waals surface area contributed by atoms with E-state index >= 15 is 0 Å². The SMILES string of the molecule is COc1ccccc1C(c1nnnn1C(C)(C)C)N1CCc2ccc(Cl)cc2C1. The van der Waals surface area contributed by atoms with Gasteiger partial charge in [-0.3, -0.25) is 4.90 Å². The first-order chi connectivity index (χ1) is 13.9. The van der Waals surface area contributed by atoms with Crippen LogP contribution in [0.1, 0.15) is 49.3 Å². The molecule has 0 saturated heterocycles. The number of fused-ring (bicyclic) bond motifs is 1. The van der Waals surface area contributed by atoms with Crippen LogP contribution in [-0.4, -0.2) is 38.8 Å². The van der Waals surface area contributed by atoms with Crippen molar-refractivity contribution in [3.8, 4) is 5.75 Å². The minimum atomic E-state index is -0.240. The van der Waals surface area contributed by atoms with E-state index in [2.05, 4.69) is 59.4 Å². The molecule has 0 saturated carbocycles. The third kappa shape index (κ3) is 3.87. The van der Waals surface area contributed by atoms with Crippen LogP contribution < -0.4 is 4.74 Å². The summed E-state index contributed by atoms with van der Waals surface area (Å²) in [5.74, 6) is 1.64. The van der Waals surface area contributed by atoms with Gasteiger partial charge >= 0.3 is 0 Å². The molecule has 29 heavy (non-hydrogen) atoms. The van der Waals surface area contributed by atoms with Crippen LogP contribution in [0.3, 0.4) is 0 Å². The van der Waals surface area contributed by atoms with E-state index in [1.165, 1.54) is 11.1 Å². The van der Waals surface area contributed by atoms with Gasteiger partial charge in [-0.25, -0.2) is 4.68 Å². The number of aromatic nitrogens is 4. The number of hydrogen-bond donors (Lipinski definition) is 0. The van der Waals surface area contributed by atoms with E-state index in [9.17, 15) is 0 Å². The zero-order valence-electron chi connectivity index (χ0n) is 17.3. The maximum Gasteiger partial charge on any atom is 0.173 e. The summed E-state index contributed by atoms with van der Waals surface area (Å²) in [4.78, 5) is 2.41. The Bertz CT molecular complexity index is 1010. The predicted molar refractivity (Wildman–Crippen MR) is 113 cm³/mol. The molecule has 1 atom stereocenters. The zero-order valence-corrected chi connectivity index (χ0v) is 18.0. The average molecular weight is 412 g/mol. The van der Waals surface area contributed by atoms with Crippen molar-refractivity contribution in [2.24, 2.45) is 0 Å². The van der Waals surface area contributed by atoms with Crippen LogP contribution in [0.4, 0.5) is 0 Å². The Morgan fingerprint density at radius 2 is 1.90 bits per heavy atom. The molecule has 7 heteroatoms. The van der Waals surface area contributed by atoms with Crippen molar-refractivity contribution in [3.05, 3.63) is 70.0 Å². The molecular weight excluding hydrogens is 386 g/mol. The Morgan fingerprint density at radius 3 is 2.66 bits per heavy atom. The normalized spacial score (nSPS) is 15.8. The molecule has 0 amide bonds. The van der Waals surface area contributed by atoms with Crippen LogP contribution in [0, 0.1) is 0 Å². The summed E-state index contributed by atoms with van der Waals surface area (Å²) in [6.07, 6.45) is 0.954. The minimum absolute atomic E-state index is 0.132. The largest absolute Gasteiger partial charge is 0.496 e. The molecule has 1 unspecified atom stereocenters. The summed E-state index contributed by atoms with van der Waals surface area (Å²) in [5, 5.41) is 13.6. The standard InChI is InChI=1S/C22H26ClN5O/c1-22(2,3)28-21(24-25-26-28)20(18-7-5-6-8-19(18)29-4)27-12-11-15-9-10-17(23)13-16(15)14-27/h5-10,13,20H,11-12,14H2,1-4H3. The van der Waals surface area contributed by atoms with Crippen LogP contribution in [0.2, 0.25) is 5.02 Å². The lowest BCUT2D eigenvalue weighted by Crippen LogP contribution is -2.38. The number of rotatable bonds is 4. The first-order valence-electron chi connectivity index (χ1n) is 9.81. The van der Waals surface area contributed by atoms with Crippen molar-refractivity contribution in [1.29, 1.82) is 0 Å². The molecule has 0 radical (unpaired) electrons. The van der Waals surface area contributed by atoms with Crippen LogP contribution in [0.15, 0.2) is 42.5 Å². The lowest BCUT2D eigenvalue weighted by molar-refractivity contribution is 0.182. The maximum absolute atomic E-state index is 6.28. The summed E-state index contributed by atoms with van der Waals surface area (Å²) in [5.41, 5.74) is 3.41. The molecule has 0 aliphatic carbocycles. The minimum Gasteiger partial charge on any atom is -0.496 e. The predicted octanol–water partition coefficient (Wildman–Crippen LogP) is 4.24. The van der Waals surface area contributed by atoms with Gasteiger partial charge in [0.15, 0.2) is 5.82 Å². The second kappa shape index (κ2) is 7.76. The first kappa shape index (κ1) is 19.9. The molecule has 2 heterocycles. The highest BCUT2D eigenvalue weighted by molar-refractivity contribution is 6.30. The third-order valence-corrected chi connectivity index (χ3v) is 5.62. The van der Waals surface area contributed by atoms with Gasteiger partial charge < -0.3 is 4.74 Å². The quantitative estimate of drug-likeness (QED) is 0.642. The Morgan fingerprint density at radius 1 is 1.10 bits per heavy atom. The fourth-order valence-electron chi connectivity index (χ4n) is 4.00. The maximum atomic E-state index is 6.28. The van der Waals surface area contributed by atoms with Gasteiger partial charge in [-0.2, -0.15) is 0 Å². The lowest BCUT2D eigenvalue weighted by Gasteiger charge is -2.36. The van der Waals surface area contributed by atoms with Crippen molar-refractivity contribution in [3.63, 3.8) is 0 Å². The molecule has 1 aliphatic heterocycles. The highest BCUT2D eigenvalue weighted by atomic mass is 35.5. The summed E-state index contributed by atoms with van der Waals surface area (Å²) in [6, 6.07) is 14.1. The van der Waals surface area contributed by atoms with Gasteiger partial charge in [-0.05, 0) is 66.9 Å². The smallest absolute Gasteiger partial charge is 0.173 e. The van der Waals surface area contributed by atoms with Crippen LogP contribution in [0.25, 0.3) is 0 Å². The van der Waals surface area contributed by atoms with E-state index in [0.717, 1.165) is 41.7 Å². The number of nitrogens with zero attached hydrogens (tertiary/aromatic N) is 5. The van der Waals surface area contributed by atoms with Crippen LogP contribution in [0.5, 0.6) is 5.75 Å². The zero-order chi connectivity index (χ0) is 20.6. The van der Waals surface area contributed by atoms with Crippen LogP contribution >= 0.6 is 11.6 Å². The summed E-state index contributed by atoms with van der Waals surface area (Å²) >= 11 is 6.28.